The number of fused-ring (bicyclic) bond motifs is 1. The molecular formula is C19H23ClN4O. The van der Waals surface area contributed by atoms with Gasteiger partial charge in [-0.25, -0.2) is 0 Å². The van der Waals surface area contributed by atoms with Crippen molar-refractivity contribution in [3.8, 4) is 5.69 Å². The van der Waals surface area contributed by atoms with E-state index in [2.05, 4.69) is 10.2 Å². The lowest BCUT2D eigenvalue weighted by Crippen LogP contribution is -2.45. The summed E-state index contributed by atoms with van der Waals surface area (Å²) < 4.78 is 0. The molecule has 1 aliphatic carbocycles. The Kier molecular flexibility index (Phi) is 4.50. The molecule has 0 radical (unpaired) electrons. The van der Waals surface area contributed by atoms with Gasteiger partial charge in [0, 0.05) is 18.1 Å². The number of benzene rings is 1. The molecule has 6 heteroatoms. The van der Waals surface area contributed by atoms with Crippen LogP contribution in [0.2, 0.25) is 5.02 Å². The lowest BCUT2D eigenvalue weighted by Gasteiger charge is -2.41. The summed E-state index contributed by atoms with van der Waals surface area (Å²) in [6, 6.07) is 7.34. The first-order chi connectivity index (χ1) is 12.1. The first kappa shape index (κ1) is 16.6. The summed E-state index contributed by atoms with van der Waals surface area (Å²) >= 11 is 6.05. The third-order valence-corrected chi connectivity index (χ3v) is 5.84. The topological polar surface area (TPSA) is 51.0 Å². The summed E-state index contributed by atoms with van der Waals surface area (Å²) in [6.45, 7) is 3.55. The highest BCUT2D eigenvalue weighted by atomic mass is 35.5. The van der Waals surface area contributed by atoms with Gasteiger partial charge in [0.1, 0.15) is 0 Å². The van der Waals surface area contributed by atoms with Crippen LogP contribution in [0.15, 0.2) is 24.3 Å². The first-order valence-corrected chi connectivity index (χ1v) is 9.49. The number of aromatic nitrogens is 3. The Labute approximate surface area is 153 Å². The molecular weight excluding hydrogens is 336 g/mol. The molecule has 2 fully saturated rings. The van der Waals surface area contributed by atoms with Crippen LogP contribution >= 0.6 is 11.6 Å². The number of halogens is 1. The summed E-state index contributed by atoms with van der Waals surface area (Å²) in [5.74, 6) is 1.48. The van der Waals surface area contributed by atoms with Crippen LogP contribution < -0.4 is 0 Å². The minimum Gasteiger partial charge on any atom is -0.337 e. The normalized spacial score (nSPS) is 23.4. The smallest absolute Gasteiger partial charge is 0.276 e. The minimum atomic E-state index is 0.00908. The number of hydrogen-bond acceptors (Lipinski definition) is 3. The van der Waals surface area contributed by atoms with Crippen molar-refractivity contribution in [2.45, 2.75) is 39.0 Å². The van der Waals surface area contributed by atoms with Crippen molar-refractivity contribution < 1.29 is 4.79 Å². The fourth-order valence-electron chi connectivity index (χ4n) is 4.23. The van der Waals surface area contributed by atoms with E-state index < -0.39 is 0 Å². The Morgan fingerprint density at radius 2 is 1.96 bits per heavy atom. The van der Waals surface area contributed by atoms with E-state index in [0.717, 1.165) is 31.1 Å². The maximum absolute atomic E-state index is 13.0. The number of rotatable bonds is 2. The highest BCUT2D eigenvalue weighted by molar-refractivity contribution is 6.30. The van der Waals surface area contributed by atoms with Crippen LogP contribution in [0.1, 0.15) is 48.3 Å². The van der Waals surface area contributed by atoms with E-state index in [1.165, 1.54) is 30.5 Å². The molecule has 1 aromatic carbocycles. The van der Waals surface area contributed by atoms with Gasteiger partial charge in [0.2, 0.25) is 0 Å². The van der Waals surface area contributed by atoms with Gasteiger partial charge in [-0.15, -0.1) is 5.10 Å². The summed E-state index contributed by atoms with van der Waals surface area (Å²) in [5, 5.41) is 9.50. The highest BCUT2D eigenvalue weighted by Crippen LogP contribution is 2.36. The largest absolute Gasteiger partial charge is 0.337 e. The molecule has 25 heavy (non-hydrogen) atoms. The fraction of sp³-hybridized carbons (Fsp3) is 0.526. The predicted molar refractivity (Wildman–Crippen MR) is 97.1 cm³/mol. The van der Waals surface area contributed by atoms with Crippen molar-refractivity contribution in [3.63, 3.8) is 0 Å². The SMILES string of the molecule is Cc1nn(-c2cccc(Cl)c2)nc1C(=O)N1CC[C@@H]2CCCC[C@H]2C1. The Morgan fingerprint density at radius 1 is 1.16 bits per heavy atom. The minimum absolute atomic E-state index is 0.00908. The molecule has 1 saturated heterocycles. The number of nitrogens with zero attached hydrogens (tertiary/aromatic N) is 4. The molecule has 0 bridgehead atoms. The second-order valence-electron chi connectivity index (χ2n) is 7.25. The quantitative estimate of drug-likeness (QED) is 0.818. The van der Waals surface area contributed by atoms with Gasteiger partial charge in [-0.1, -0.05) is 36.9 Å². The fourth-order valence-corrected chi connectivity index (χ4v) is 4.41. The van der Waals surface area contributed by atoms with E-state index in [1.54, 1.807) is 6.07 Å². The molecule has 1 saturated carbocycles. The zero-order valence-electron chi connectivity index (χ0n) is 14.5. The Hall–Kier alpha value is -1.88. The molecule has 4 rings (SSSR count). The van der Waals surface area contributed by atoms with Gasteiger partial charge in [0.25, 0.3) is 5.91 Å². The number of piperidine rings is 1. The molecule has 2 aromatic rings. The van der Waals surface area contributed by atoms with E-state index in [4.69, 9.17) is 11.6 Å². The molecule has 0 unspecified atom stereocenters. The number of amides is 1. The van der Waals surface area contributed by atoms with Crippen molar-refractivity contribution in [3.05, 3.63) is 40.7 Å². The van der Waals surface area contributed by atoms with Gasteiger partial charge in [-0.05, 0) is 49.8 Å². The summed E-state index contributed by atoms with van der Waals surface area (Å²) in [5.41, 5.74) is 1.88. The van der Waals surface area contributed by atoms with Gasteiger partial charge < -0.3 is 4.90 Å². The van der Waals surface area contributed by atoms with E-state index in [9.17, 15) is 4.79 Å². The second kappa shape index (κ2) is 6.79. The number of hydrogen-bond donors (Lipinski definition) is 0. The molecule has 0 spiro atoms. The Morgan fingerprint density at radius 3 is 2.76 bits per heavy atom. The van der Waals surface area contributed by atoms with Crippen LogP contribution in [0.4, 0.5) is 0 Å². The highest BCUT2D eigenvalue weighted by Gasteiger charge is 2.34. The standard InChI is InChI=1S/C19H23ClN4O/c1-13-18(22-24(21-13)17-8-4-7-16(20)11-17)19(25)23-10-9-14-5-2-3-6-15(14)12-23/h4,7-8,11,14-15H,2-3,5-6,9-10,12H2,1H3/t14-,15-/m0/s1. The Balaban J connectivity index is 1.54. The predicted octanol–water partition coefficient (Wildman–Crippen LogP) is 3.88. The second-order valence-corrected chi connectivity index (χ2v) is 7.68. The van der Waals surface area contributed by atoms with Crippen LogP contribution in [0.3, 0.4) is 0 Å². The number of carbonyl (C=O) groups excluding carboxylic acids is 1. The third kappa shape index (κ3) is 3.30. The molecule has 1 aromatic heterocycles. The molecule has 5 nitrogen and oxygen atoms in total. The van der Waals surface area contributed by atoms with Crippen LogP contribution in [-0.2, 0) is 0 Å². The molecule has 2 heterocycles. The molecule has 2 aliphatic rings. The summed E-state index contributed by atoms with van der Waals surface area (Å²) in [7, 11) is 0. The summed E-state index contributed by atoms with van der Waals surface area (Å²) in [4.78, 5) is 16.5. The zero-order chi connectivity index (χ0) is 17.4. The van der Waals surface area contributed by atoms with Crippen molar-refractivity contribution in [2.24, 2.45) is 11.8 Å². The summed E-state index contributed by atoms with van der Waals surface area (Å²) in [6.07, 6.45) is 6.35. The maximum atomic E-state index is 13.0. The van der Waals surface area contributed by atoms with E-state index in [-0.39, 0.29) is 5.91 Å². The average Bonchev–Trinajstić information content (AvgIpc) is 3.02. The zero-order valence-corrected chi connectivity index (χ0v) is 15.2. The number of aryl methyl sites for hydroxylation is 1. The van der Waals surface area contributed by atoms with Crippen molar-refractivity contribution >= 4 is 17.5 Å². The lowest BCUT2D eigenvalue weighted by atomic mass is 9.75. The van der Waals surface area contributed by atoms with Crippen molar-refractivity contribution in [1.29, 1.82) is 0 Å². The van der Waals surface area contributed by atoms with Crippen LogP contribution in [0.5, 0.6) is 0 Å². The Bertz CT molecular complexity index is 787. The van der Waals surface area contributed by atoms with Crippen LogP contribution in [0, 0.1) is 18.8 Å². The van der Waals surface area contributed by atoms with Crippen molar-refractivity contribution in [1.82, 2.24) is 19.9 Å². The number of likely N-dealkylation sites (tertiary alicyclic amines) is 1. The average molecular weight is 359 g/mol. The lowest BCUT2D eigenvalue weighted by molar-refractivity contribution is 0.0514. The van der Waals surface area contributed by atoms with Gasteiger partial charge in [-0.3, -0.25) is 4.79 Å². The number of carbonyl (C=O) groups is 1. The first-order valence-electron chi connectivity index (χ1n) is 9.11. The van der Waals surface area contributed by atoms with E-state index >= 15 is 0 Å². The van der Waals surface area contributed by atoms with E-state index in [1.807, 2.05) is 30.0 Å². The molecule has 132 valence electrons. The van der Waals surface area contributed by atoms with Crippen molar-refractivity contribution in [2.75, 3.05) is 13.1 Å². The van der Waals surface area contributed by atoms with Crippen LogP contribution in [-0.4, -0.2) is 38.9 Å². The van der Waals surface area contributed by atoms with E-state index in [0.29, 0.717) is 22.3 Å². The maximum Gasteiger partial charge on any atom is 0.276 e. The molecule has 1 amide bonds. The van der Waals surface area contributed by atoms with Gasteiger partial charge >= 0.3 is 0 Å². The molecule has 0 N–H and O–H groups in total. The third-order valence-electron chi connectivity index (χ3n) is 5.60. The van der Waals surface area contributed by atoms with Gasteiger partial charge in [0.05, 0.1) is 11.4 Å². The monoisotopic (exact) mass is 358 g/mol. The van der Waals surface area contributed by atoms with Crippen LogP contribution in [0.25, 0.3) is 5.69 Å². The van der Waals surface area contributed by atoms with Gasteiger partial charge in [0.15, 0.2) is 5.69 Å². The van der Waals surface area contributed by atoms with Gasteiger partial charge in [-0.2, -0.15) is 9.90 Å². The molecule has 1 aliphatic heterocycles. The molecule has 2 atom stereocenters.